The predicted octanol–water partition coefficient (Wildman–Crippen LogP) is 18.4. The van der Waals surface area contributed by atoms with Crippen molar-refractivity contribution in [2.75, 3.05) is 9.80 Å². The average molecular weight is 925 g/mol. The Hall–Kier alpha value is -8.72. The molecule has 0 saturated heterocycles. The number of rotatable bonds is 11. The Morgan fingerprint density at radius 3 is 0.889 bits per heavy atom. The average Bonchev–Trinajstić information content (AvgIpc) is 3.81. The minimum Gasteiger partial charge on any atom is -0.317 e. The first-order valence-corrected chi connectivity index (χ1v) is 25.2. The molecule has 2 heteroatoms. The fraction of sp³-hybridized carbons (Fsp3) is 0.0857. The molecule has 0 saturated carbocycles. The van der Waals surface area contributed by atoms with E-state index in [1.165, 1.54) is 44.5 Å². The monoisotopic (exact) mass is 924 g/mol. The van der Waals surface area contributed by atoms with E-state index < -0.39 is 0 Å². The second-order valence-electron chi connectivity index (χ2n) is 20.2. The number of anilines is 4. The molecule has 346 valence electrons. The summed E-state index contributed by atoms with van der Waals surface area (Å²) in [5.41, 5.74) is 24.1. The molecule has 0 spiro atoms. The van der Waals surface area contributed by atoms with Gasteiger partial charge in [-0.15, -0.1) is 0 Å². The topological polar surface area (TPSA) is 6.48 Å². The van der Waals surface area contributed by atoms with Crippen molar-refractivity contribution in [2.45, 2.75) is 38.5 Å². The van der Waals surface area contributed by atoms with Gasteiger partial charge in [0.1, 0.15) is 0 Å². The van der Waals surface area contributed by atoms with Crippen molar-refractivity contribution in [3.8, 4) is 33.4 Å². The van der Waals surface area contributed by atoms with E-state index in [1.54, 1.807) is 0 Å². The van der Waals surface area contributed by atoms with Crippen molar-refractivity contribution in [2.24, 2.45) is 0 Å². The first-order chi connectivity index (χ1) is 35.2. The third-order valence-electron chi connectivity index (χ3n) is 15.2. The summed E-state index contributed by atoms with van der Waals surface area (Å²) >= 11 is 0. The largest absolute Gasteiger partial charge is 0.317 e. The van der Waals surface area contributed by atoms with Gasteiger partial charge in [0.25, 0.3) is 0 Å². The maximum absolute atomic E-state index is 2.41. The molecule has 0 unspecified atom stereocenters. The molecular formula is C70H56N2. The van der Waals surface area contributed by atoms with Crippen molar-refractivity contribution in [1.29, 1.82) is 0 Å². The van der Waals surface area contributed by atoms with E-state index in [1.807, 2.05) is 0 Å². The number of benzene rings is 10. The molecule has 10 aromatic carbocycles. The van der Waals surface area contributed by atoms with Gasteiger partial charge in [-0.1, -0.05) is 234 Å². The third-order valence-corrected chi connectivity index (χ3v) is 15.2. The molecule has 0 bridgehead atoms. The van der Waals surface area contributed by atoms with Crippen LogP contribution in [0, 0.1) is 0 Å². The lowest BCUT2D eigenvalue weighted by Gasteiger charge is -2.27. The number of hydrogen-bond donors (Lipinski definition) is 0. The maximum atomic E-state index is 2.41. The Balaban J connectivity index is 0.944. The Kier molecular flexibility index (Phi) is 11.3. The summed E-state index contributed by atoms with van der Waals surface area (Å²) in [6, 6.07) is 92.9. The van der Waals surface area contributed by atoms with Gasteiger partial charge >= 0.3 is 0 Å². The Labute approximate surface area is 425 Å². The molecule has 0 atom stereocenters. The molecule has 2 aliphatic carbocycles. The molecular weight excluding hydrogens is 869 g/mol. The molecule has 12 rings (SSSR count). The van der Waals surface area contributed by atoms with Crippen LogP contribution in [0.1, 0.15) is 72.2 Å². The molecule has 0 fully saturated rings. The predicted molar refractivity (Wildman–Crippen MR) is 304 cm³/mol. The molecule has 0 N–H and O–H groups in total. The summed E-state index contributed by atoms with van der Waals surface area (Å²) < 4.78 is 0. The summed E-state index contributed by atoms with van der Waals surface area (Å²) in [5, 5.41) is 0. The molecule has 0 radical (unpaired) electrons. The van der Waals surface area contributed by atoms with Crippen LogP contribution in [0.25, 0.3) is 44.5 Å². The van der Waals surface area contributed by atoms with Gasteiger partial charge in [0, 0.05) is 57.1 Å². The van der Waals surface area contributed by atoms with Crippen molar-refractivity contribution in [3.63, 3.8) is 0 Å². The minimum atomic E-state index is -0.131. The summed E-state index contributed by atoms with van der Waals surface area (Å²) in [4.78, 5) is 4.75. The third kappa shape index (κ3) is 7.96. The summed E-state index contributed by atoms with van der Waals surface area (Å²) in [7, 11) is 0. The second-order valence-corrected chi connectivity index (χ2v) is 20.2. The normalized spacial score (nSPS) is 13.2. The zero-order valence-electron chi connectivity index (χ0n) is 41.3. The summed E-state index contributed by atoms with van der Waals surface area (Å²) in [6.07, 6.45) is 4.65. The van der Waals surface area contributed by atoms with E-state index in [4.69, 9.17) is 0 Å². The summed E-state index contributed by atoms with van der Waals surface area (Å²) in [6.45, 7) is 9.42. The van der Waals surface area contributed by atoms with E-state index in [-0.39, 0.29) is 10.8 Å². The highest BCUT2D eigenvalue weighted by molar-refractivity contribution is 5.89. The highest BCUT2D eigenvalue weighted by Crippen LogP contribution is 2.52. The lowest BCUT2D eigenvalue weighted by molar-refractivity contribution is 0.660. The lowest BCUT2D eigenvalue weighted by Crippen LogP contribution is -2.16. The van der Waals surface area contributed by atoms with Crippen LogP contribution in [-0.4, -0.2) is 0 Å². The van der Waals surface area contributed by atoms with Gasteiger partial charge in [0.2, 0.25) is 0 Å². The molecule has 2 aliphatic rings. The first-order valence-electron chi connectivity index (χ1n) is 25.2. The Morgan fingerprint density at radius 2 is 0.556 bits per heavy atom. The summed E-state index contributed by atoms with van der Waals surface area (Å²) in [5.74, 6) is 0. The van der Waals surface area contributed by atoms with E-state index in [0.29, 0.717) is 0 Å². The molecule has 0 heterocycles. The molecule has 10 aromatic rings. The van der Waals surface area contributed by atoms with Gasteiger partial charge in [-0.3, -0.25) is 0 Å². The molecule has 0 amide bonds. The van der Waals surface area contributed by atoms with E-state index in [2.05, 4.69) is 305 Å². The van der Waals surface area contributed by atoms with Crippen molar-refractivity contribution in [3.05, 3.63) is 312 Å². The van der Waals surface area contributed by atoms with Crippen LogP contribution in [0.15, 0.2) is 267 Å². The lowest BCUT2D eigenvalue weighted by atomic mass is 9.82. The van der Waals surface area contributed by atoms with Crippen LogP contribution in [0.2, 0.25) is 0 Å². The fourth-order valence-electron chi connectivity index (χ4n) is 11.3. The van der Waals surface area contributed by atoms with E-state index in [9.17, 15) is 0 Å². The minimum absolute atomic E-state index is 0.131. The number of fused-ring (bicyclic) bond motifs is 6. The first kappa shape index (κ1) is 44.5. The molecule has 0 aliphatic heterocycles. The Morgan fingerprint density at radius 1 is 0.278 bits per heavy atom. The van der Waals surface area contributed by atoms with Crippen LogP contribution >= 0.6 is 0 Å². The highest BCUT2D eigenvalue weighted by Gasteiger charge is 2.37. The SMILES string of the molecule is CC1(C)c2ccccc2-c2ccc(N(C=C(c3ccccc3)c3ccccc3)c3ccc(-c4ccc(N(C=C(c5ccccc5)c5ccccc5)c5ccc6c(c5)C(C)(C)c5ccccc5-6)cc4)cc3)cc21. The number of nitrogens with zero attached hydrogens (tertiary/aromatic N) is 2. The quantitative estimate of drug-likeness (QED) is 0.128. The zero-order valence-corrected chi connectivity index (χ0v) is 41.3. The zero-order chi connectivity index (χ0) is 48.8. The van der Waals surface area contributed by atoms with Gasteiger partial charge in [0.05, 0.1) is 0 Å². The van der Waals surface area contributed by atoms with Crippen molar-refractivity contribution < 1.29 is 0 Å². The second kappa shape index (κ2) is 18.2. The van der Waals surface area contributed by atoms with Crippen LogP contribution in [0.4, 0.5) is 22.7 Å². The maximum Gasteiger partial charge on any atom is 0.0459 e. The smallest absolute Gasteiger partial charge is 0.0459 e. The van der Waals surface area contributed by atoms with Crippen LogP contribution < -0.4 is 9.80 Å². The van der Waals surface area contributed by atoms with Crippen molar-refractivity contribution >= 4 is 33.9 Å². The van der Waals surface area contributed by atoms with Crippen LogP contribution in [-0.2, 0) is 10.8 Å². The van der Waals surface area contributed by atoms with Crippen LogP contribution in [0.5, 0.6) is 0 Å². The highest BCUT2D eigenvalue weighted by atomic mass is 15.1. The van der Waals surface area contributed by atoms with Gasteiger partial charge in [-0.05, 0) is 126 Å². The van der Waals surface area contributed by atoms with Gasteiger partial charge in [-0.2, -0.15) is 0 Å². The standard InChI is InChI=1S/C70H56N2/c1-69(2)65-31-19-17-29-59(65)61-43-41-57(45-67(61)69)71(47-63(51-21-9-5-10-22-51)52-23-11-6-12-24-52)55-37-33-49(34-38-55)50-35-39-56(40-36-50)72(48-64(53-25-13-7-14-26-53)54-27-15-8-16-28-54)58-42-44-62-60-30-18-20-32-66(60)70(3,4)68(62)46-58/h5-48H,1-4H3. The van der Waals surface area contributed by atoms with Crippen LogP contribution in [0.3, 0.4) is 0 Å². The van der Waals surface area contributed by atoms with Gasteiger partial charge < -0.3 is 9.80 Å². The van der Waals surface area contributed by atoms with Crippen molar-refractivity contribution in [1.82, 2.24) is 0 Å². The molecule has 2 nitrogen and oxygen atoms in total. The Bertz CT molecular complexity index is 3310. The number of hydrogen-bond acceptors (Lipinski definition) is 2. The van der Waals surface area contributed by atoms with E-state index in [0.717, 1.165) is 67.3 Å². The fourth-order valence-corrected chi connectivity index (χ4v) is 11.3. The molecule has 0 aromatic heterocycles. The van der Waals surface area contributed by atoms with E-state index >= 15 is 0 Å². The van der Waals surface area contributed by atoms with Gasteiger partial charge in [0.15, 0.2) is 0 Å². The van der Waals surface area contributed by atoms with Gasteiger partial charge in [-0.25, -0.2) is 0 Å². The molecule has 72 heavy (non-hydrogen) atoms.